The van der Waals surface area contributed by atoms with Crippen LogP contribution in [0.15, 0.2) is 71.3 Å². The Morgan fingerprint density at radius 2 is 1.74 bits per heavy atom. The molecule has 5 rings (SSSR count). The monoisotopic (exact) mass is 564 g/mol. The van der Waals surface area contributed by atoms with E-state index in [1.807, 2.05) is 42.5 Å². The van der Waals surface area contributed by atoms with Crippen molar-refractivity contribution in [2.45, 2.75) is 45.3 Å². The van der Waals surface area contributed by atoms with Gasteiger partial charge in [-0.05, 0) is 54.3 Å². The number of rotatable bonds is 8. The van der Waals surface area contributed by atoms with Crippen LogP contribution in [0.5, 0.6) is 0 Å². The van der Waals surface area contributed by atoms with E-state index in [2.05, 4.69) is 23.9 Å². The molecule has 1 saturated heterocycles. The smallest absolute Gasteiger partial charge is 0.336 e. The predicted octanol–water partition coefficient (Wildman–Crippen LogP) is 8.32. The summed E-state index contributed by atoms with van der Waals surface area (Å²) < 4.78 is 12.1. The molecule has 1 aliphatic heterocycles. The van der Waals surface area contributed by atoms with Gasteiger partial charge in [-0.1, -0.05) is 78.6 Å². The van der Waals surface area contributed by atoms with Gasteiger partial charge in [0.15, 0.2) is 0 Å². The average molecular weight is 565 g/mol. The molecule has 0 saturated carbocycles. The largest absolute Gasteiger partial charge is 0.478 e. The Hall–Kier alpha value is -3.32. The standard InChI is InChI=1S/C31H30Cl2N2O4/c1-19(2)30-25(29(34-39-30)28-26(32)9-6-10-27(28)33)18-38-22-13-15-35(16-14-22)21-11-12-23(31(36)37)24(17-21)20-7-4-3-5-8-20/h3-12,17,19,22H,13-16,18H2,1-2H3,(H,36,37). The van der Waals surface area contributed by atoms with Crippen molar-refractivity contribution in [1.29, 1.82) is 0 Å². The Balaban J connectivity index is 1.29. The molecule has 6 nitrogen and oxygen atoms in total. The molecule has 1 N–H and O–H groups in total. The third-order valence-electron chi connectivity index (χ3n) is 7.13. The van der Waals surface area contributed by atoms with Gasteiger partial charge in [-0.2, -0.15) is 0 Å². The Bertz CT molecular complexity index is 1440. The number of carboxylic acids is 1. The summed E-state index contributed by atoms with van der Waals surface area (Å²) in [7, 11) is 0. The highest BCUT2D eigenvalue weighted by atomic mass is 35.5. The van der Waals surface area contributed by atoms with Crippen molar-refractivity contribution in [2.75, 3.05) is 18.0 Å². The Labute approximate surface area is 238 Å². The summed E-state index contributed by atoms with van der Waals surface area (Å²) in [5.74, 6) is -0.0367. The maximum absolute atomic E-state index is 11.9. The van der Waals surface area contributed by atoms with E-state index < -0.39 is 5.97 Å². The van der Waals surface area contributed by atoms with Gasteiger partial charge in [0.25, 0.3) is 0 Å². The lowest BCUT2D eigenvalue weighted by atomic mass is 9.98. The minimum atomic E-state index is -0.931. The van der Waals surface area contributed by atoms with Gasteiger partial charge in [0, 0.05) is 35.8 Å². The van der Waals surface area contributed by atoms with Gasteiger partial charge < -0.3 is 19.3 Å². The van der Waals surface area contributed by atoms with Crippen molar-refractivity contribution >= 4 is 34.9 Å². The van der Waals surface area contributed by atoms with Crippen LogP contribution in [0.3, 0.4) is 0 Å². The van der Waals surface area contributed by atoms with Crippen LogP contribution in [0.25, 0.3) is 22.4 Å². The van der Waals surface area contributed by atoms with Crippen LogP contribution in [0.4, 0.5) is 5.69 Å². The fourth-order valence-electron chi connectivity index (χ4n) is 5.09. The fraction of sp³-hybridized carbons (Fsp3) is 0.290. The molecule has 0 atom stereocenters. The first-order valence-electron chi connectivity index (χ1n) is 13.1. The number of aromatic carboxylic acids is 1. The number of carboxylic acid groups (broad SMARTS) is 1. The Morgan fingerprint density at radius 1 is 1.05 bits per heavy atom. The lowest BCUT2D eigenvalue weighted by Gasteiger charge is -2.34. The molecule has 2 heterocycles. The first kappa shape index (κ1) is 27.3. The third-order valence-corrected chi connectivity index (χ3v) is 7.76. The zero-order chi connectivity index (χ0) is 27.5. The van der Waals surface area contributed by atoms with Crippen molar-refractivity contribution in [3.63, 3.8) is 0 Å². The van der Waals surface area contributed by atoms with E-state index in [1.165, 1.54) is 0 Å². The summed E-state index contributed by atoms with van der Waals surface area (Å²) in [5, 5.41) is 15.1. The van der Waals surface area contributed by atoms with Crippen molar-refractivity contribution < 1.29 is 19.2 Å². The minimum absolute atomic E-state index is 0.0672. The quantitative estimate of drug-likeness (QED) is 0.232. The molecule has 1 aromatic heterocycles. The van der Waals surface area contributed by atoms with Crippen molar-refractivity contribution in [3.8, 4) is 22.4 Å². The van der Waals surface area contributed by atoms with Crippen LogP contribution >= 0.6 is 23.2 Å². The number of ether oxygens (including phenoxy) is 1. The molecule has 8 heteroatoms. The van der Waals surface area contributed by atoms with Crippen molar-refractivity contribution in [1.82, 2.24) is 5.16 Å². The molecule has 0 unspecified atom stereocenters. The van der Waals surface area contributed by atoms with Crippen molar-refractivity contribution in [3.05, 3.63) is 93.7 Å². The molecule has 0 radical (unpaired) electrons. The highest BCUT2D eigenvalue weighted by molar-refractivity contribution is 6.39. The highest BCUT2D eigenvalue weighted by Gasteiger charge is 2.26. The van der Waals surface area contributed by atoms with Gasteiger partial charge in [0.05, 0.1) is 28.3 Å². The molecule has 0 spiro atoms. The van der Waals surface area contributed by atoms with Crippen LogP contribution in [-0.4, -0.2) is 35.4 Å². The summed E-state index contributed by atoms with van der Waals surface area (Å²) in [6, 6.07) is 20.6. The van der Waals surface area contributed by atoms with E-state index in [-0.39, 0.29) is 12.0 Å². The van der Waals surface area contributed by atoms with Gasteiger partial charge in [0.1, 0.15) is 11.5 Å². The SMILES string of the molecule is CC(C)c1onc(-c2c(Cl)cccc2Cl)c1COC1CCN(c2ccc(C(=O)O)c(-c3ccccc3)c2)CC1. The summed E-state index contributed by atoms with van der Waals surface area (Å²) in [4.78, 5) is 14.1. The number of halogens is 2. The van der Waals surface area contributed by atoms with E-state index in [0.29, 0.717) is 33.5 Å². The van der Waals surface area contributed by atoms with Crippen LogP contribution < -0.4 is 4.90 Å². The number of benzene rings is 3. The molecule has 39 heavy (non-hydrogen) atoms. The van der Waals surface area contributed by atoms with Crippen LogP contribution in [0.1, 0.15) is 54.3 Å². The summed E-state index contributed by atoms with van der Waals surface area (Å²) in [6.07, 6.45) is 1.75. The fourth-order valence-corrected chi connectivity index (χ4v) is 5.67. The highest BCUT2D eigenvalue weighted by Crippen LogP contribution is 2.39. The number of aromatic nitrogens is 1. The first-order valence-corrected chi connectivity index (χ1v) is 13.8. The van der Waals surface area contributed by atoms with Gasteiger partial charge in [-0.25, -0.2) is 4.79 Å². The normalized spacial score (nSPS) is 14.2. The summed E-state index contributed by atoms with van der Waals surface area (Å²) in [6.45, 7) is 6.06. The van der Waals surface area contributed by atoms with E-state index in [4.69, 9.17) is 32.5 Å². The second-order valence-corrected chi connectivity index (χ2v) is 10.8. The zero-order valence-corrected chi connectivity index (χ0v) is 23.4. The number of carbonyl (C=O) groups is 1. The second-order valence-electron chi connectivity index (χ2n) is 10.0. The van der Waals surface area contributed by atoms with E-state index in [0.717, 1.165) is 54.1 Å². The maximum atomic E-state index is 11.9. The minimum Gasteiger partial charge on any atom is -0.478 e. The average Bonchev–Trinajstić information content (AvgIpc) is 3.36. The van der Waals surface area contributed by atoms with Gasteiger partial charge in [-0.15, -0.1) is 0 Å². The van der Waals surface area contributed by atoms with Crippen molar-refractivity contribution in [2.24, 2.45) is 0 Å². The summed E-state index contributed by atoms with van der Waals surface area (Å²) >= 11 is 13.0. The summed E-state index contributed by atoms with van der Waals surface area (Å²) in [5.41, 5.74) is 5.07. The molecule has 0 bridgehead atoms. The molecular formula is C31H30Cl2N2O4. The van der Waals surface area contributed by atoms with E-state index in [1.54, 1.807) is 24.3 Å². The maximum Gasteiger partial charge on any atom is 0.336 e. The number of piperidine rings is 1. The molecular weight excluding hydrogens is 535 g/mol. The van der Waals surface area contributed by atoms with Crippen LogP contribution in [-0.2, 0) is 11.3 Å². The van der Waals surface area contributed by atoms with Gasteiger partial charge >= 0.3 is 5.97 Å². The third kappa shape index (κ3) is 5.83. The second kappa shape index (κ2) is 11.8. The Morgan fingerprint density at radius 3 is 2.38 bits per heavy atom. The molecule has 4 aromatic rings. The molecule has 202 valence electrons. The van der Waals surface area contributed by atoms with E-state index in [9.17, 15) is 9.90 Å². The molecule has 0 amide bonds. The predicted molar refractivity (Wildman–Crippen MR) is 155 cm³/mol. The molecule has 3 aromatic carbocycles. The number of anilines is 1. The zero-order valence-electron chi connectivity index (χ0n) is 21.9. The number of nitrogens with zero attached hydrogens (tertiary/aromatic N) is 2. The van der Waals surface area contributed by atoms with Gasteiger partial charge in [-0.3, -0.25) is 0 Å². The topological polar surface area (TPSA) is 75.8 Å². The van der Waals surface area contributed by atoms with Crippen LogP contribution in [0.2, 0.25) is 10.0 Å². The Kier molecular flexibility index (Phi) is 8.26. The number of hydrogen-bond donors (Lipinski definition) is 1. The molecule has 1 aliphatic rings. The lowest BCUT2D eigenvalue weighted by molar-refractivity contribution is 0.0245. The number of hydrogen-bond acceptors (Lipinski definition) is 5. The molecule has 0 aliphatic carbocycles. The van der Waals surface area contributed by atoms with E-state index >= 15 is 0 Å². The van der Waals surface area contributed by atoms with Gasteiger partial charge in [0.2, 0.25) is 0 Å². The lowest BCUT2D eigenvalue weighted by Crippen LogP contribution is -2.37. The van der Waals surface area contributed by atoms with Crippen LogP contribution in [0, 0.1) is 0 Å². The molecule has 1 fully saturated rings. The first-order chi connectivity index (χ1) is 18.8.